The molecule has 0 spiro atoms. The van der Waals surface area contributed by atoms with E-state index in [0.29, 0.717) is 11.9 Å². The molecule has 100 valence electrons. The number of nitrogens with two attached hydrogens (primary N) is 1. The molecule has 1 aromatic carbocycles. The topological polar surface area (TPSA) is 94.1 Å². The molecule has 0 aliphatic carbocycles. The summed E-state index contributed by atoms with van der Waals surface area (Å²) < 4.78 is 0. The molecule has 0 aliphatic rings. The summed E-state index contributed by atoms with van der Waals surface area (Å²) in [6, 6.07) is 4.95. The summed E-state index contributed by atoms with van der Waals surface area (Å²) in [6.45, 7) is 4.40. The van der Waals surface area contributed by atoms with Crippen molar-refractivity contribution in [3.05, 3.63) is 40.7 Å². The number of hydrogen-bond acceptors (Lipinski definition) is 5. The van der Waals surface area contributed by atoms with Crippen LogP contribution in [0.25, 0.3) is 10.8 Å². The van der Waals surface area contributed by atoms with Crippen LogP contribution in [0.5, 0.6) is 0 Å². The predicted molar refractivity (Wildman–Crippen MR) is 75.2 cm³/mol. The molecule has 0 amide bonds. The van der Waals surface area contributed by atoms with Gasteiger partial charge in [-0.05, 0) is 26.0 Å². The first-order valence-electron chi connectivity index (χ1n) is 5.94. The monoisotopic (exact) mass is 260 g/mol. The molecule has 6 nitrogen and oxygen atoms in total. The predicted octanol–water partition coefficient (Wildman–Crippen LogP) is 2.29. The van der Waals surface area contributed by atoms with E-state index >= 15 is 0 Å². The minimum atomic E-state index is -0.401. The van der Waals surface area contributed by atoms with Crippen molar-refractivity contribution < 1.29 is 4.92 Å². The van der Waals surface area contributed by atoms with Crippen LogP contribution in [0.15, 0.2) is 30.6 Å². The Labute approximate surface area is 110 Å². The zero-order valence-corrected chi connectivity index (χ0v) is 10.9. The molecule has 6 heteroatoms. The number of nitro groups is 1. The van der Waals surface area contributed by atoms with E-state index in [1.807, 2.05) is 13.8 Å². The zero-order chi connectivity index (χ0) is 14.0. The molecule has 0 unspecified atom stereocenters. The second-order valence-corrected chi connectivity index (χ2v) is 5.02. The first kappa shape index (κ1) is 13.2. The van der Waals surface area contributed by atoms with E-state index in [2.05, 4.69) is 10.3 Å². The van der Waals surface area contributed by atoms with E-state index in [1.54, 1.807) is 18.3 Å². The lowest BCUT2D eigenvalue weighted by molar-refractivity contribution is -0.383. The second-order valence-electron chi connectivity index (χ2n) is 5.02. The van der Waals surface area contributed by atoms with Gasteiger partial charge in [-0.3, -0.25) is 15.1 Å². The van der Waals surface area contributed by atoms with Crippen LogP contribution in [0.4, 0.5) is 11.4 Å². The van der Waals surface area contributed by atoms with Gasteiger partial charge in [0.2, 0.25) is 0 Å². The molecular weight excluding hydrogens is 244 g/mol. The molecule has 0 radical (unpaired) electrons. The maximum atomic E-state index is 11.0. The second kappa shape index (κ2) is 4.81. The van der Waals surface area contributed by atoms with Crippen LogP contribution in [-0.4, -0.2) is 22.0 Å². The minimum Gasteiger partial charge on any atom is -0.378 e. The number of aromatic nitrogens is 1. The highest BCUT2D eigenvalue weighted by molar-refractivity contribution is 5.99. The molecule has 3 N–H and O–H groups in total. The molecule has 1 aromatic heterocycles. The van der Waals surface area contributed by atoms with Gasteiger partial charge >= 0.3 is 0 Å². The molecule has 19 heavy (non-hydrogen) atoms. The van der Waals surface area contributed by atoms with Gasteiger partial charge in [0.25, 0.3) is 5.69 Å². The van der Waals surface area contributed by atoms with Crippen LogP contribution in [0.2, 0.25) is 0 Å². The Morgan fingerprint density at radius 3 is 2.74 bits per heavy atom. The van der Waals surface area contributed by atoms with E-state index in [1.165, 1.54) is 12.3 Å². The Morgan fingerprint density at radius 2 is 2.11 bits per heavy atom. The Morgan fingerprint density at radius 1 is 1.37 bits per heavy atom. The van der Waals surface area contributed by atoms with E-state index in [0.717, 1.165) is 11.1 Å². The van der Waals surface area contributed by atoms with Crippen LogP contribution in [-0.2, 0) is 0 Å². The van der Waals surface area contributed by atoms with Gasteiger partial charge in [0.05, 0.1) is 10.3 Å². The lowest BCUT2D eigenvalue weighted by Gasteiger charge is -2.26. The van der Waals surface area contributed by atoms with Crippen molar-refractivity contribution in [3.8, 4) is 0 Å². The highest BCUT2D eigenvalue weighted by atomic mass is 16.6. The van der Waals surface area contributed by atoms with Gasteiger partial charge in [-0.25, -0.2) is 0 Å². The molecule has 0 fully saturated rings. The minimum absolute atomic E-state index is 0.0548. The van der Waals surface area contributed by atoms with E-state index in [9.17, 15) is 10.1 Å². The highest BCUT2D eigenvalue weighted by Gasteiger charge is 2.19. The van der Waals surface area contributed by atoms with Crippen molar-refractivity contribution in [2.45, 2.75) is 19.4 Å². The van der Waals surface area contributed by atoms with Gasteiger partial charge in [-0.1, -0.05) is 0 Å². The van der Waals surface area contributed by atoms with Gasteiger partial charge in [-0.15, -0.1) is 0 Å². The third kappa shape index (κ3) is 2.63. The summed E-state index contributed by atoms with van der Waals surface area (Å²) in [5, 5.41) is 15.6. The summed E-state index contributed by atoms with van der Waals surface area (Å²) in [4.78, 5) is 14.6. The van der Waals surface area contributed by atoms with Gasteiger partial charge in [-0.2, -0.15) is 0 Å². The average Bonchev–Trinajstić information content (AvgIpc) is 2.38. The van der Waals surface area contributed by atoms with Crippen LogP contribution in [0.1, 0.15) is 13.8 Å². The smallest absolute Gasteiger partial charge is 0.278 e. The maximum absolute atomic E-state index is 11.0. The molecule has 0 saturated carbocycles. The average molecular weight is 260 g/mol. The number of nitro benzene ring substituents is 1. The van der Waals surface area contributed by atoms with Crippen LogP contribution in [0, 0.1) is 10.1 Å². The molecule has 0 bridgehead atoms. The van der Waals surface area contributed by atoms with Crippen molar-refractivity contribution in [3.63, 3.8) is 0 Å². The quantitative estimate of drug-likeness (QED) is 0.649. The fraction of sp³-hybridized carbons (Fsp3) is 0.308. The van der Waals surface area contributed by atoms with Crippen molar-refractivity contribution >= 4 is 22.1 Å². The number of pyridine rings is 1. The summed E-state index contributed by atoms with van der Waals surface area (Å²) in [5.74, 6) is 0. The van der Waals surface area contributed by atoms with E-state index in [-0.39, 0.29) is 11.2 Å². The van der Waals surface area contributed by atoms with Crippen LogP contribution < -0.4 is 11.1 Å². The number of benzene rings is 1. The third-order valence-corrected chi connectivity index (χ3v) is 2.98. The molecular formula is C13H16N4O2. The maximum Gasteiger partial charge on any atom is 0.278 e. The number of rotatable bonds is 4. The van der Waals surface area contributed by atoms with Crippen molar-refractivity contribution in [1.29, 1.82) is 0 Å². The first-order chi connectivity index (χ1) is 8.94. The molecule has 0 saturated heterocycles. The third-order valence-electron chi connectivity index (χ3n) is 2.98. The number of non-ortho nitro benzene ring substituents is 1. The fourth-order valence-corrected chi connectivity index (χ4v) is 1.86. The Bertz CT molecular complexity index is 625. The highest BCUT2D eigenvalue weighted by Crippen LogP contribution is 2.31. The number of nitrogens with zero attached hydrogens (tertiary/aromatic N) is 2. The largest absolute Gasteiger partial charge is 0.378 e. The SMILES string of the molecule is CC(C)(CN)Nc1ccc([N+](=O)[O-])c2cnccc12. The Kier molecular flexibility index (Phi) is 3.35. The molecule has 0 aliphatic heterocycles. The molecule has 1 heterocycles. The van der Waals surface area contributed by atoms with Gasteiger partial charge in [0.1, 0.15) is 0 Å². The fourth-order valence-electron chi connectivity index (χ4n) is 1.86. The molecule has 0 atom stereocenters. The van der Waals surface area contributed by atoms with Crippen LogP contribution in [0.3, 0.4) is 0 Å². The number of hydrogen-bond donors (Lipinski definition) is 2. The van der Waals surface area contributed by atoms with Crippen molar-refractivity contribution in [2.75, 3.05) is 11.9 Å². The van der Waals surface area contributed by atoms with Gasteiger partial charge < -0.3 is 11.1 Å². The first-order valence-corrected chi connectivity index (χ1v) is 5.94. The van der Waals surface area contributed by atoms with Crippen LogP contribution >= 0.6 is 0 Å². The lowest BCUT2D eigenvalue weighted by Crippen LogP contribution is -2.39. The molecule has 2 rings (SSSR count). The van der Waals surface area contributed by atoms with Gasteiger partial charge in [0, 0.05) is 41.6 Å². The summed E-state index contributed by atoms with van der Waals surface area (Å²) in [6.07, 6.45) is 3.13. The summed E-state index contributed by atoms with van der Waals surface area (Å²) in [5.41, 5.74) is 6.28. The number of nitrogens with one attached hydrogen (secondary N) is 1. The standard InChI is InChI=1S/C13H16N4O2/c1-13(2,8-14)16-11-3-4-12(17(18)19)10-7-15-6-5-9(10)11/h3-7,16H,8,14H2,1-2H3. The van der Waals surface area contributed by atoms with Crippen molar-refractivity contribution in [1.82, 2.24) is 4.98 Å². The zero-order valence-electron chi connectivity index (χ0n) is 10.9. The van der Waals surface area contributed by atoms with Gasteiger partial charge in [0.15, 0.2) is 0 Å². The summed E-state index contributed by atoms with van der Waals surface area (Å²) in [7, 11) is 0. The summed E-state index contributed by atoms with van der Waals surface area (Å²) >= 11 is 0. The van der Waals surface area contributed by atoms with E-state index in [4.69, 9.17) is 5.73 Å². The van der Waals surface area contributed by atoms with E-state index < -0.39 is 4.92 Å². The lowest BCUT2D eigenvalue weighted by atomic mass is 10.0. The molecule has 2 aromatic rings. The van der Waals surface area contributed by atoms with Crippen molar-refractivity contribution in [2.24, 2.45) is 5.73 Å². The Balaban J connectivity index is 2.59. The number of anilines is 1. The number of fused-ring (bicyclic) bond motifs is 1. The Hall–Kier alpha value is -2.21. The normalized spacial score (nSPS) is 11.5.